The number of anilines is 1. The Kier molecular flexibility index (Phi) is 3.25. The molecule has 0 spiro atoms. The molecule has 0 bridgehead atoms. The zero-order valence-corrected chi connectivity index (χ0v) is 9.31. The average molecular weight is 260 g/mol. The first-order valence-electron chi connectivity index (χ1n) is 5.36. The van der Waals surface area contributed by atoms with E-state index in [1.165, 1.54) is 11.0 Å². The van der Waals surface area contributed by atoms with E-state index in [4.69, 9.17) is 5.11 Å². The number of nitrogens with zero attached hydrogens (tertiary/aromatic N) is 2. The van der Waals surface area contributed by atoms with Gasteiger partial charge in [-0.15, -0.1) is 0 Å². The molecule has 1 unspecified atom stereocenters. The van der Waals surface area contributed by atoms with E-state index in [1.807, 2.05) is 0 Å². The first-order chi connectivity index (χ1) is 8.41. The van der Waals surface area contributed by atoms with Crippen molar-refractivity contribution in [3.05, 3.63) is 24.0 Å². The number of alkyl halides is 3. The van der Waals surface area contributed by atoms with Crippen molar-refractivity contribution in [1.82, 2.24) is 4.98 Å². The van der Waals surface area contributed by atoms with Crippen LogP contribution >= 0.6 is 0 Å². The molecule has 1 N–H and O–H groups in total. The van der Waals surface area contributed by atoms with Crippen molar-refractivity contribution >= 4 is 11.6 Å². The summed E-state index contributed by atoms with van der Waals surface area (Å²) in [6.07, 6.45) is -3.25. The summed E-state index contributed by atoms with van der Waals surface area (Å²) in [6.45, 7) is 0.193. The zero-order valence-electron chi connectivity index (χ0n) is 9.31. The van der Waals surface area contributed by atoms with Gasteiger partial charge in [0, 0.05) is 25.5 Å². The third-order valence-electron chi connectivity index (χ3n) is 2.81. The zero-order chi connectivity index (χ0) is 13.3. The lowest BCUT2D eigenvalue weighted by Crippen LogP contribution is -2.25. The minimum atomic E-state index is -4.48. The number of pyridine rings is 1. The molecule has 0 aliphatic carbocycles. The molecule has 1 fully saturated rings. The van der Waals surface area contributed by atoms with Crippen LogP contribution in [0.4, 0.5) is 18.9 Å². The Morgan fingerprint density at radius 3 is 2.61 bits per heavy atom. The second-order valence-corrected chi connectivity index (χ2v) is 4.16. The predicted molar refractivity (Wildman–Crippen MR) is 56.8 cm³/mol. The highest BCUT2D eigenvalue weighted by Gasteiger charge is 2.34. The molecule has 98 valence electrons. The lowest BCUT2D eigenvalue weighted by Gasteiger charge is -2.16. The normalized spacial score (nSPS) is 20.6. The number of carbonyl (C=O) groups is 1. The number of aromatic nitrogens is 1. The van der Waals surface area contributed by atoms with Gasteiger partial charge in [-0.1, -0.05) is 0 Å². The summed E-state index contributed by atoms with van der Waals surface area (Å²) < 4.78 is 36.9. The van der Waals surface area contributed by atoms with Crippen LogP contribution in [-0.2, 0) is 11.0 Å². The quantitative estimate of drug-likeness (QED) is 0.875. The summed E-state index contributed by atoms with van der Waals surface area (Å²) in [7, 11) is 0. The van der Waals surface area contributed by atoms with Crippen LogP contribution in [0.3, 0.4) is 0 Å². The van der Waals surface area contributed by atoms with Gasteiger partial charge in [0.15, 0.2) is 0 Å². The van der Waals surface area contributed by atoms with Crippen molar-refractivity contribution in [3.63, 3.8) is 0 Å². The van der Waals surface area contributed by atoms with Crippen molar-refractivity contribution in [2.45, 2.75) is 12.6 Å². The molecule has 0 aromatic carbocycles. The molecule has 18 heavy (non-hydrogen) atoms. The molecule has 1 amide bonds. The third kappa shape index (κ3) is 2.45. The van der Waals surface area contributed by atoms with Gasteiger partial charge in [0.2, 0.25) is 5.91 Å². The lowest BCUT2D eigenvalue weighted by molar-refractivity contribution is -0.141. The van der Waals surface area contributed by atoms with Crippen LogP contribution in [0.15, 0.2) is 18.3 Å². The maximum absolute atomic E-state index is 12.3. The number of aliphatic hydroxyl groups is 1. The number of hydrogen-bond donors (Lipinski definition) is 1. The molecule has 1 aliphatic heterocycles. The van der Waals surface area contributed by atoms with E-state index in [1.54, 1.807) is 0 Å². The van der Waals surface area contributed by atoms with Crippen LogP contribution in [0.2, 0.25) is 0 Å². The van der Waals surface area contributed by atoms with Gasteiger partial charge in [0.1, 0.15) is 5.69 Å². The SMILES string of the molecule is O=C1CC(CO)CN1c1ccc(C(F)(F)F)nc1. The maximum atomic E-state index is 12.3. The van der Waals surface area contributed by atoms with Crippen LogP contribution in [0.5, 0.6) is 0 Å². The van der Waals surface area contributed by atoms with Crippen molar-refractivity contribution in [3.8, 4) is 0 Å². The molecule has 7 heteroatoms. The van der Waals surface area contributed by atoms with Gasteiger partial charge >= 0.3 is 6.18 Å². The summed E-state index contributed by atoms with van der Waals surface area (Å²) in [5.41, 5.74) is -0.666. The highest BCUT2D eigenvalue weighted by Crippen LogP contribution is 2.30. The van der Waals surface area contributed by atoms with Crippen LogP contribution in [0.25, 0.3) is 0 Å². The van der Waals surface area contributed by atoms with Crippen molar-refractivity contribution in [2.75, 3.05) is 18.1 Å². The first-order valence-corrected chi connectivity index (χ1v) is 5.36. The Bertz CT molecular complexity index is 445. The summed E-state index contributed by atoms with van der Waals surface area (Å²) in [5, 5.41) is 8.96. The number of hydrogen-bond acceptors (Lipinski definition) is 3. The minimum Gasteiger partial charge on any atom is -0.396 e. The molecule has 1 atom stereocenters. The second kappa shape index (κ2) is 4.56. The maximum Gasteiger partial charge on any atom is 0.433 e. The van der Waals surface area contributed by atoms with Crippen molar-refractivity contribution in [1.29, 1.82) is 0 Å². The Morgan fingerprint density at radius 2 is 2.17 bits per heavy atom. The van der Waals surface area contributed by atoms with E-state index in [9.17, 15) is 18.0 Å². The standard InChI is InChI=1S/C11H11F3N2O2/c12-11(13,14)9-2-1-8(4-15-9)16-5-7(6-17)3-10(16)18/h1-2,4,7,17H,3,5-6H2. The number of amides is 1. The van der Waals surface area contributed by atoms with Crippen LogP contribution in [-0.4, -0.2) is 29.1 Å². The van der Waals surface area contributed by atoms with E-state index in [0.717, 1.165) is 12.3 Å². The Hall–Kier alpha value is -1.63. The molecule has 2 heterocycles. The molecule has 1 aromatic rings. The van der Waals surface area contributed by atoms with E-state index in [-0.39, 0.29) is 24.9 Å². The molecule has 0 saturated carbocycles. The van der Waals surface area contributed by atoms with Gasteiger partial charge in [-0.3, -0.25) is 4.79 Å². The molecule has 1 saturated heterocycles. The summed E-state index contributed by atoms with van der Waals surface area (Å²) in [6, 6.07) is 2.06. The smallest absolute Gasteiger partial charge is 0.396 e. The third-order valence-corrected chi connectivity index (χ3v) is 2.81. The van der Waals surface area contributed by atoms with Crippen molar-refractivity contribution < 1.29 is 23.1 Å². The molecule has 4 nitrogen and oxygen atoms in total. The number of rotatable bonds is 2. The fraction of sp³-hybridized carbons (Fsp3) is 0.455. The number of halogens is 3. The molecule has 1 aliphatic rings. The minimum absolute atomic E-state index is 0.115. The van der Waals surface area contributed by atoms with Crippen LogP contribution in [0, 0.1) is 5.92 Å². The Labute approximate surface area is 101 Å². The first kappa shape index (κ1) is 12.8. The monoisotopic (exact) mass is 260 g/mol. The fourth-order valence-electron chi connectivity index (χ4n) is 1.87. The van der Waals surface area contributed by atoms with Crippen LogP contribution < -0.4 is 4.90 Å². The highest BCUT2D eigenvalue weighted by molar-refractivity contribution is 5.95. The molecular formula is C11H11F3N2O2. The molecule has 2 rings (SSSR count). The van der Waals surface area contributed by atoms with E-state index in [2.05, 4.69) is 4.98 Å². The van der Waals surface area contributed by atoms with Crippen molar-refractivity contribution in [2.24, 2.45) is 5.92 Å². The van der Waals surface area contributed by atoms with E-state index >= 15 is 0 Å². The molecule has 1 aromatic heterocycles. The fourth-order valence-corrected chi connectivity index (χ4v) is 1.87. The summed E-state index contributed by atoms with van der Waals surface area (Å²) >= 11 is 0. The van der Waals surface area contributed by atoms with Gasteiger partial charge in [0.25, 0.3) is 0 Å². The molecule has 0 radical (unpaired) electrons. The van der Waals surface area contributed by atoms with Gasteiger partial charge in [-0.25, -0.2) is 4.98 Å². The Morgan fingerprint density at radius 1 is 1.44 bits per heavy atom. The average Bonchev–Trinajstić information content (AvgIpc) is 2.70. The van der Waals surface area contributed by atoms with Gasteiger partial charge < -0.3 is 10.0 Å². The summed E-state index contributed by atoms with van der Waals surface area (Å²) in [5.74, 6) is -0.379. The van der Waals surface area contributed by atoms with Crippen LogP contribution in [0.1, 0.15) is 12.1 Å². The van der Waals surface area contributed by atoms with Gasteiger partial charge in [-0.05, 0) is 12.1 Å². The largest absolute Gasteiger partial charge is 0.433 e. The van der Waals surface area contributed by atoms with E-state index in [0.29, 0.717) is 12.2 Å². The summed E-state index contributed by atoms with van der Waals surface area (Å²) in [4.78, 5) is 16.2. The predicted octanol–water partition coefficient (Wildman–Crippen LogP) is 1.45. The van der Waals surface area contributed by atoms with Gasteiger partial charge in [-0.2, -0.15) is 13.2 Å². The number of aliphatic hydroxyl groups excluding tert-OH is 1. The number of carbonyl (C=O) groups excluding carboxylic acids is 1. The van der Waals surface area contributed by atoms with Gasteiger partial charge in [0.05, 0.1) is 11.9 Å². The highest BCUT2D eigenvalue weighted by atomic mass is 19.4. The van der Waals surface area contributed by atoms with E-state index < -0.39 is 11.9 Å². The second-order valence-electron chi connectivity index (χ2n) is 4.16. The lowest BCUT2D eigenvalue weighted by atomic mass is 10.1. The topological polar surface area (TPSA) is 53.4 Å². The molecular weight excluding hydrogens is 249 g/mol. The Balaban J connectivity index is 2.18.